The SMILES string of the molecule is Cc1ccc(C(O)(c2ccc(C)cc2)c2ccccc2O)cc1. The van der Waals surface area contributed by atoms with Gasteiger partial charge < -0.3 is 10.2 Å². The molecular weight excluding hydrogens is 284 g/mol. The van der Waals surface area contributed by atoms with Crippen molar-refractivity contribution in [1.82, 2.24) is 0 Å². The van der Waals surface area contributed by atoms with Gasteiger partial charge in [0.1, 0.15) is 11.4 Å². The van der Waals surface area contributed by atoms with Crippen molar-refractivity contribution in [2.45, 2.75) is 19.4 Å². The summed E-state index contributed by atoms with van der Waals surface area (Å²) in [6.45, 7) is 4.02. The Kier molecular flexibility index (Phi) is 3.93. The van der Waals surface area contributed by atoms with Crippen molar-refractivity contribution in [3.63, 3.8) is 0 Å². The second-order valence-electron chi connectivity index (χ2n) is 5.96. The molecule has 2 heteroatoms. The van der Waals surface area contributed by atoms with Gasteiger partial charge in [0.25, 0.3) is 0 Å². The van der Waals surface area contributed by atoms with E-state index in [4.69, 9.17) is 0 Å². The van der Waals surface area contributed by atoms with Crippen molar-refractivity contribution < 1.29 is 10.2 Å². The van der Waals surface area contributed by atoms with E-state index in [1.54, 1.807) is 18.2 Å². The third-order valence-electron chi connectivity index (χ3n) is 4.23. The summed E-state index contributed by atoms with van der Waals surface area (Å²) in [5, 5.41) is 21.9. The summed E-state index contributed by atoms with van der Waals surface area (Å²) in [5.41, 5.74) is 2.79. The lowest BCUT2D eigenvalue weighted by atomic mass is 9.79. The smallest absolute Gasteiger partial charge is 0.144 e. The van der Waals surface area contributed by atoms with Gasteiger partial charge in [-0.2, -0.15) is 0 Å². The number of aromatic hydroxyl groups is 1. The number of rotatable bonds is 3. The highest BCUT2D eigenvalue weighted by atomic mass is 16.3. The van der Waals surface area contributed by atoms with Crippen LogP contribution in [0.2, 0.25) is 0 Å². The number of aryl methyl sites for hydroxylation is 2. The monoisotopic (exact) mass is 304 g/mol. The molecule has 3 rings (SSSR count). The molecule has 0 bridgehead atoms. The average molecular weight is 304 g/mol. The van der Waals surface area contributed by atoms with E-state index in [1.807, 2.05) is 68.4 Å². The van der Waals surface area contributed by atoms with Crippen LogP contribution in [0.5, 0.6) is 5.75 Å². The summed E-state index contributed by atoms with van der Waals surface area (Å²) < 4.78 is 0. The highest BCUT2D eigenvalue weighted by molar-refractivity contribution is 5.52. The molecule has 2 N–H and O–H groups in total. The van der Waals surface area contributed by atoms with Gasteiger partial charge in [0.2, 0.25) is 0 Å². The van der Waals surface area contributed by atoms with Crippen molar-refractivity contribution >= 4 is 0 Å². The molecule has 0 aliphatic rings. The minimum absolute atomic E-state index is 0.0798. The summed E-state index contributed by atoms with van der Waals surface area (Å²) >= 11 is 0. The van der Waals surface area contributed by atoms with Gasteiger partial charge in [-0.15, -0.1) is 0 Å². The molecule has 0 fully saturated rings. The van der Waals surface area contributed by atoms with Gasteiger partial charge in [0.05, 0.1) is 0 Å². The second kappa shape index (κ2) is 5.90. The number of benzene rings is 3. The summed E-state index contributed by atoms with van der Waals surface area (Å²) in [5.74, 6) is 0.0798. The maximum atomic E-state index is 11.6. The number of hydrogen-bond donors (Lipinski definition) is 2. The maximum Gasteiger partial charge on any atom is 0.144 e. The Labute approximate surface area is 136 Å². The minimum Gasteiger partial charge on any atom is -0.508 e. The molecule has 2 nitrogen and oxygen atoms in total. The summed E-state index contributed by atoms with van der Waals surface area (Å²) in [6, 6.07) is 22.4. The Bertz CT molecular complexity index is 757. The molecular formula is C21H20O2. The van der Waals surface area contributed by atoms with Gasteiger partial charge >= 0.3 is 0 Å². The van der Waals surface area contributed by atoms with Crippen molar-refractivity contribution in [1.29, 1.82) is 0 Å². The Morgan fingerprint density at radius 1 is 0.652 bits per heavy atom. The van der Waals surface area contributed by atoms with Crippen LogP contribution in [0.25, 0.3) is 0 Å². The zero-order chi connectivity index (χ0) is 16.4. The Hall–Kier alpha value is -2.58. The molecule has 0 aliphatic carbocycles. The van der Waals surface area contributed by atoms with Gasteiger partial charge in [-0.25, -0.2) is 0 Å². The number of hydrogen-bond acceptors (Lipinski definition) is 2. The van der Waals surface area contributed by atoms with Crippen LogP contribution in [-0.2, 0) is 5.60 Å². The van der Waals surface area contributed by atoms with Crippen molar-refractivity contribution in [3.8, 4) is 5.75 Å². The first-order valence-electron chi connectivity index (χ1n) is 7.67. The minimum atomic E-state index is -1.40. The lowest BCUT2D eigenvalue weighted by Crippen LogP contribution is -2.29. The van der Waals surface area contributed by atoms with Crippen molar-refractivity contribution in [2.24, 2.45) is 0 Å². The van der Waals surface area contributed by atoms with Crippen LogP contribution in [0.15, 0.2) is 72.8 Å². The molecule has 3 aromatic carbocycles. The normalized spacial score (nSPS) is 11.4. The van der Waals surface area contributed by atoms with E-state index in [0.717, 1.165) is 22.3 Å². The van der Waals surface area contributed by atoms with Crippen LogP contribution in [0.3, 0.4) is 0 Å². The van der Waals surface area contributed by atoms with Gasteiger partial charge in [0.15, 0.2) is 0 Å². The predicted molar refractivity (Wildman–Crippen MR) is 92.6 cm³/mol. The molecule has 0 unspecified atom stereocenters. The first-order chi connectivity index (χ1) is 11.0. The largest absolute Gasteiger partial charge is 0.508 e. The van der Waals surface area contributed by atoms with E-state index in [1.165, 1.54) is 0 Å². The van der Waals surface area contributed by atoms with E-state index in [9.17, 15) is 10.2 Å². The first kappa shape index (κ1) is 15.3. The van der Waals surface area contributed by atoms with Crippen LogP contribution >= 0.6 is 0 Å². The van der Waals surface area contributed by atoms with Crippen LogP contribution in [0, 0.1) is 13.8 Å². The number of phenols is 1. The molecule has 0 aliphatic heterocycles. The van der Waals surface area contributed by atoms with E-state index in [2.05, 4.69) is 0 Å². The van der Waals surface area contributed by atoms with Crippen LogP contribution < -0.4 is 0 Å². The lowest BCUT2D eigenvalue weighted by Gasteiger charge is -2.31. The Morgan fingerprint density at radius 2 is 1.09 bits per heavy atom. The van der Waals surface area contributed by atoms with Crippen LogP contribution in [0.4, 0.5) is 0 Å². The molecule has 0 atom stereocenters. The fourth-order valence-corrected chi connectivity index (χ4v) is 2.85. The Morgan fingerprint density at radius 3 is 1.52 bits per heavy atom. The van der Waals surface area contributed by atoms with Gasteiger partial charge in [-0.3, -0.25) is 0 Å². The van der Waals surface area contributed by atoms with Crippen molar-refractivity contribution in [2.75, 3.05) is 0 Å². The fourth-order valence-electron chi connectivity index (χ4n) is 2.85. The molecule has 0 radical (unpaired) electrons. The third kappa shape index (κ3) is 2.73. The summed E-state index contributed by atoms with van der Waals surface area (Å²) in [6.07, 6.45) is 0. The molecule has 0 aromatic heterocycles. The predicted octanol–water partition coefficient (Wildman–Crippen LogP) is 4.29. The topological polar surface area (TPSA) is 40.5 Å². The zero-order valence-electron chi connectivity index (χ0n) is 13.3. The molecule has 0 saturated heterocycles. The fraction of sp³-hybridized carbons (Fsp3) is 0.143. The third-order valence-corrected chi connectivity index (χ3v) is 4.23. The zero-order valence-corrected chi connectivity index (χ0v) is 13.3. The van der Waals surface area contributed by atoms with Gasteiger partial charge in [0, 0.05) is 5.56 Å². The number of aliphatic hydroxyl groups is 1. The molecule has 0 heterocycles. The maximum absolute atomic E-state index is 11.6. The van der Waals surface area contributed by atoms with E-state index < -0.39 is 5.60 Å². The number of para-hydroxylation sites is 1. The van der Waals surface area contributed by atoms with Gasteiger partial charge in [-0.1, -0.05) is 77.9 Å². The molecule has 0 amide bonds. The van der Waals surface area contributed by atoms with Crippen molar-refractivity contribution in [3.05, 3.63) is 101 Å². The molecule has 0 saturated carbocycles. The standard InChI is InChI=1S/C21H20O2/c1-15-7-11-17(12-8-15)21(23,18-13-9-16(2)10-14-18)19-5-3-4-6-20(19)22/h3-14,22-23H,1-2H3. The van der Waals surface area contributed by atoms with Crippen LogP contribution in [0.1, 0.15) is 27.8 Å². The molecule has 116 valence electrons. The summed E-state index contributed by atoms with van der Waals surface area (Å²) in [7, 11) is 0. The second-order valence-corrected chi connectivity index (χ2v) is 5.96. The lowest BCUT2D eigenvalue weighted by molar-refractivity contribution is 0.122. The first-order valence-corrected chi connectivity index (χ1v) is 7.67. The average Bonchev–Trinajstić information content (AvgIpc) is 2.56. The molecule has 3 aromatic rings. The highest BCUT2D eigenvalue weighted by Gasteiger charge is 2.35. The quantitative estimate of drug-likeness (QED) is 0.709. The highest BCUT2D eigenvalue weighted by Crippen LogP contribution is 2.40. The Balaban J connectivity index is 2.27. The number of phenolic OH excluding ortho intramolecular Hbond substituents is 1. The van der Waals surface area contributed by atoms with E-state index >= 15 is 0 Å². The molecule has 0 spiro atoms. The summed E-state index contributed by atoms with van der Waals surface area (Å²) in [4.78, 5) is 0. The molecule has 23 heavy (non-hydrogen) atoms. The van der Waals surface area contributed by atoms with E-state index in [0.29, 0.717) is 5.56 Å². The van der Waals surface area contributed by atoms with E-state index in [-0.39, 0.29) is 5.75 Å². The van der Waals surface area contributed by atoms with Gasteiger partial charge in [-0.05, 0) is 31.0 Å². The van der Waals surface area contributed by atoms with Crippen LogP contribution in [-0.4, -0.2) is 10.2 Å².